The van der Waals surface area contributed by atoms with E-state index in [1.54, 1.807) is 5.38 Å². The Morgan fingerprint density at radius 3 is 2.76 bits per heavy atom. The van der Waals surface area contributed by atoms with Gasteiger partial charge in [-0.25, -0.2) is 4.79 Å². The van der Waals surface area contributed by atoms with Crippen LogP contribution in [0.3, 0.4) is 0 Å². The van der Waals surface area contributed by atoms with Crippen molar-refractivity contribution >= 4 is 28.2 Å². The Kier molecular flexibility index (Phi) is 4.94. The maximum absolute atomic E-state index is 11.8. The number of para-hydroxylation sites is 1. The van der Waals surface area contributed by atoms with Crippen LogP contribution < -0.4 is 10.1 Å². The van der Waals surface area contributed by atoms with Gasteiger partial charge in [0.15, 0.2) is 0 Å². The van der Waals surface area contributed by atoms with E-state index in [9.17, 15) is 9.59 Å². The van der Waals surface area contributed by atoms with E-state index in [0.717, 1.165) is 11.3 Å². The molecule has 0 saturated heterocycles. The largest absolute Gasteiger partial charge is 0.493 e. The van der Waals surface area contributed by atoms with Crippen LogP contribution in [0.2, 0.25) is 0 Å². The number of rotatable bonds is 6. The number of hydrogen-bond donors (Lipinski definition) is 2. The molecular formula is C15H15NO4S. The van der Waals surface area contributed by atoms with E-state index in [1.807, 2.05) is 31.2 Å². The molecule has 21 heavy (non-hydrogen) atoms. The van der Waals surface area contributed by atoms with Gasteiger partial charge < -0.3 is 15.2 Å². The van der Waals surface area contributed by atoms with Crippen molar-refractivity contribution in [1.29, 1.82) is 0 Å². The smallest absolute Gasteiger partial charge is 0.338 e. The van der Waals surface area contributed by atoms with Gasteiger partial charge >= 0.3 is 5.97 Å². The van der Waals surface area contributed by atoms with Crippen LogP contribution in [-0.2, 0) is 4.79 Å². The van der Waals surface area contributed by atoms with Gasteiger partial charge in [-0.1, -0.05) is 18.2 Å². The third-order valence-electron chi connectivity index (χ3n) is 2.83. The molecule has 1 amide bonds. The quantitative estimate of drug-likeness (QED) is 0.859. The topological polar surface area (TPSA) is 75.6 Å². The first-order chi connectivity index (χ1) is 10.1. The predicted octanol–water partition coefficient (Wildman–Crippen LogP) is 3.16. The number of carbonyl (C=O) groups is 2. The summed E-state index contributed by atoms with van der Waals surface area (Å²) in [4.78, 5) is 22.7. The van der Waals surface area contributed by atoms with Crippen molar-refractivity contribution in [1.82, 2.24) is 0 Å². The zero-order valence-corrected chi connectivity index (χ0v) is 12.3. The number of nitrogens with one attached hydrogen (secondary N) is 1. The van der Waals surface area contributed by atoms with Crippen LogP contribution in [0.25, 0.3) is 0 Å². The first-order valence-electron chi connectivity index (χ1n) is 6.37. The maximum Gasteiger partial charge on any atom is 0.338 e. The molecule has 6 heteroatoms. The molecule has 0 aliphatic carbocycles. The molecule has 2 rings (SSSR count). The number of carbonyl (C=O) groups excluding carboxylic acids is 1. The number of aryl methyl sites for hydroxylation is 1. The van der Waals surface area contributed by atoms with Crippen LogP contribution in [0, 0.1) is 6.92 Å². The number of hydrogen-bond acceptors (Lipinski definition) is 4. The molecular weight excluding hydrogens is 290 g/mol. The lowest BCUT2D eigenvalue weighted by atomic mass is 10.2. The summed E-state index contributed by atoms with van der Waals surface area (Å²) in [5, 5.41) is 13.5. The van der Waals surface area contributed by atoms with E-state index in [4.69, 9.17) is 9.84 Å². The molecule has 0 bridgehead atoms. The first-order valence-corrected chi connectivity index (χ1v) is 7.25. The lowest BCUT2D eigenvalue weighted by Gasteiger charge is -2.08. The van der Waals surface area contributed by atoms with E-state index >= 15 is 0 Å². The first kappa shape index (κ1) is 15.1. The highest BCUT2D eigenvalue weighted by atomic mass is 32.1. The van der Waals surface area contributed by atoms with Crippen molar-refractivity contribution in [3.8, 4) is 5.75 Å². The Bertz CT molecular complexity index is 651. The van der Waals surface area contributed by atoms with Crippen LogP contribution in [-0.4, -0.2) is 23.6 Å². The minimum Gasteiger partial charge on any atom is -0.493 e. The van der Waals surface area contributed by atoms with Gasteiger partial charge in [-0.15, -0.1) is 11.3 Å². The third-order valence-corrected chi connectivity index (χ3v) is 3.66. The number of benzene rings is 1. The molecule has 1 aromatic heterocycles. The second-order valence-electron chi connectivity index (χ2n) is 4.38. The van der Waals surface area contributed by atoms with E-state index < -0.39 is 5.97 Å². The summed E-state index contributed by atoms with van der Waals surface area (Å²) in [5.41, 5.74) is 1.11. The number of carboxylic acid groups (broad SMARTS) is 1. The fourth-order valence-corrected chi connectivity index (χ4v) is 2.53. The van der Waals surface area contributed by atoms with Crippen molar-refractivity contribution in [2.75, 3.05) is 11.9 Å². The minimum atomic E-state index is -1.05. The predicted molar refractivity (Wildman–Crippen MR) is 81.2 cm³/mol. The summed E-state index contributed by atoms with van der Waals surface area (Å²) in [6.07, 6.45) is 0.158. The molecule has 2 N–H and O–H groups in total. The van der Waals surface area contributed by atoms with Gasteiger partial charge in [0.1, 0.15) is 10.8 Å². The molecule has 0 spiro atoms. The van der Waals surface area contributed by atoms with E-state index in [1.165, 1.54) is 17.4 Å². The van der Waals surface area contributed by atoms with Gasteiger partial charge in [0, 0.05) is 0 Å². The van der Waals surface area contributed by atoms with Gasteiger partial charge in [0.2, 0.25) is 5.91 Å². The van der Waals surface area contributed by atoms with Crippen molar-refractivity contribution in [2.45, 2.75) is 13.3 Å². The molecule has 110 valence electrons. The molecule has 0 fully saturated rings. The van der Waals surface area contributed by atoms with Crippen LogP contribution in [0.4, 0.5) is 5.00 Å². The second-order valence-corrected chi connectivity index (χ2v) is 5.30. The summed E-state index contributed by atoms with van der Waals surface area (Å²) in [6.45, 7) is 2.17. The fraction of sp³-hybridized carbons (Fsp3) is 0.200. The summed E-state index contributed by atoms with van der Waals surface area (Å²) in [7, 11) is 0. The Balaban J connectivity index is 1.84. The monoisotopic (exact) mass is 305 g/mol. The summed E-state index contributed by atoms with van der Waals surface area (Å²) in [6, 6.07) is 9.02. The molecule has 1 aromatic carbocycles. The van der Waals surface area contributed by atoms with Crippen LogP contribution in [0.5, 0.6) is 5.75 Å². The number of aromatic carboxylic acids is 1. The number of carboxylic acids is 1. The van der Waals surface area contributed by atoms with Crippen molar-refractivity contribution in [3.05, 3.63) is 46.8 Å². The normalized spacial score (nSPS) is 10.1. The van der Waals surface area contributed by atoms with Gasteiger partial charge in [0.05, 0.1) is 18.6 Å². The molecule has 0 atom stereocenters. The average Bonchev–Trinajstić information content (AvgIpc) is 2.89. The molecule has 0 aliphatic rings. The Labute approximate surface area is 126 Å². The van der Waals surface area contributed by atoms with Crippen LogP contribution in [0.15, 0.2) is 35.7 Å². The minimum absolute atomic E-state index is 0.105. The van der Waals surface area contributed by atoms with E-state index in [2.05, 4.69) is 5.32 Å². The molecule has 0 saturated carbocycles. The fourth-order valence-electron chi connectivity index (χ4n) is 1.74. The van der Waals surface area contributed by atoms with E-state index in [0.29, 0.717) is 5.00 Å². The number of thiophene rings is 1. The van der Waals surface area contributed by atoms with E-state index in [-0.39, 0.29) is 24.5 Å². The Morgan fingerprint density at radius 1 is 1.29 bits per heavy atom. The third kappa shape index (κ3) is 4.06. The van der Waals surface area contributed by atoms with Gasteiger partial charge in [-0.3, -0.25) is 4.79 Å². The standard InChI is InChI=1S/C15H15NO4S/c1-10-4-2-3-5-12(10)20-8-6-13(17)16-14-11(15(18)19)7-9-21-14/h2-5,7,9H,6,8H2,1H3,(H,16,17)(H,18,19). The van der Waals surface area contributed by atoms with Gasteiger partial charge in [-0.05, 0) is 30.0 Å². The number of amides is 1. The number of anilines is 1. The highest BCUT2D eigenvalue weighted by molar-refractivity contribution is 7.14. The van der Waals surface area contributed by atoms with Gasteiger partial charge in [0.25, 0.3) is 0 Å². The summed E-state index contributed by atoms with van der Waals surface area (Å²) >= 11 is 1.18. The van der Waals surface area contributed by atoms with Crippen LogP contribution >= 0.6 is 11.3 Å². The number of ether oxygens (including phenoxy) is 1. The summed E-state index contributed by atoms with van der Waals surface area (Å²) < 4.78 is 5.53. The Hall–Kier alpha value is -2.34. The van der Waals surface area contributed by atoms with Gasteiger partial charge in [-0.2, -0.15) is 0 Å². The average molecular weight is 305 g/mol. The SMILES string of the molecule is Cc1ccccc1OCCC(=O)Nc1sccc1C(=O)O. The highest BCUT2D eigenvalue weighted by Gasteiger charge is 2.13. The van der Waals surface area contributed by atoms with Crippen molar-refractivity contribution < 1.29 is 19.4 Å². The molecule has 0 aliphatic heterocycles. The maximum atomic E-state index is 11.8. The molecule has 0 radical (unpaired) electrons. The lowest BCUT2D eigenvalue weighted by Crippen LogP contribution is -2.16. The zero-order valence-electron chi connectivity index (χ0n) is 11.5. The van der Waals surface area contributed by atoms with Crippen LogP contribution in [0.1, 0.15) is 22.3 Å². The molecule has 1 heterocycles. The van der Waals surface area contributed by atoms with Crippen molar-refractivity contribution in [3.63, 3.8) is 0 Å². The molecule has 2 aromatic rings. The lowest BCUT2D eigenvalue weighted by molar-refractivity contribution is -0.116. The van der Waals surface area contributed by atoms with Crippen molar-refractivity contribution in [2.24, 2.45) is 0 Å². The summed E-state index contributed by atoms with van der Waals surface area (Å²) in [5.74, 6) is -0.580. The highest BCUT2D eigenvalue weighted by Crippen LogP contribution is 2.23. The Morgan fingerprint density at radius 2 is 2.05 bits per heavy atom. The molecule has 0 unspecified atom stereocenters. The molecule has 5 nitrogen and oxygen atoms in total. The second kappa shape index (κ2) is 6.90. The zero-order chi connectivity index (χ0) is 15.2.